The summed E-state index contributed by atoms with van der Waals surface area (Å²) in [6, 6.07) is 16.1. The van der Waals surface area contributed by atoms with Crippen LogP contribution in [0.25, 0.3) is 10.8 Å². The largest absolute Gasteiger partial charge is 0.347 e. The van der Waals surface area contributed by atoms with E-state index in [1.54, 1.807) is 30.3 Å². The van der Waals surface area contributed by atoms with Gasteiger partial charge in [-0.1, -0.05) is 48.0 Å². The summed E-state index contributed by atoms with van der Waals surface area (Å²) < 4.78 is 0. The zero-order chi connectivity index (χ0) is 15.5. The van der Waals surface area contributed by atoms with Crippen molar-refractivity contribution in [3.05, 3.63) is 81.2 Å². The molecule has 0 aliphatic carbocycles. The van der Waals surface area contributed by atoms with Crippen molar-refractivity contribution < 1.29 is 4.79 Å². The third-order valence-electron chi connectivity index (χ3n) is 3.40. The first-order valence-electron chi connectivity index (χ1n) is 6.79. The summed E-state index contributed by atoms with van der Waals surface area (Å²) in [5, 5.41) is 4.64. The van der Waals surface area contributed by atoms with Crippen LogP contribution in [-0.4, -0.2) is 10.9 Å². The van der Waals surface area contributed by atoms with Gasteiger partial charge in [0.15, 0.2) is 0 Å². The molecule has 22 heavy (non-hydrogen) atoms. The fourth-order valence-corrected chi connectivity index (χ4v) is 2.45. The molecule has 0 fully saturated rings. The quantitative estimate of drug-likeness (QED) is 0.780. The van der Waals surface area contributed by atoms with E-state index in [9.17, 15) is 9.59 Å². The van der Waals surface area contributed by atoms with Crippen LogP contribution in [0, 0.1) is 0 Å². The molecule has 1 aromatic heterocycles. The van der Waals surface area contributed by atoms with Crippen LogP contribution < -0.4 is 10.9 Å². The number of H-pyrrole nitrogens is 1. The minimum Gasteiger partial charge on any atom is -0.347 e. The number of benzene rings is 2. The van der Waals surface area contributed by atoms with Gasteiger partial charge in [0, 0.05) is 17.0 Å². The number of carbonyl (C=O) groups is 1. The monoisotopic (exact) mass is 312 g/mol. The van der Waals surface area contributed by atoms with Gasteiger partial charge in [-0.3, -0.25) is 9.59 Å². The minimum atomic E-state index is -0.345. The molecule has 0 aliphatic heterocycles. The summed E-state index contributed by atoms with van der Waals surface area (Å²) in [7, 11) is 0. The molecule has 5 heteroatoms. The summed E-state index contributed by atoms with van der Waals surface area (Å²) in [4.78, 5) is 26.8. The van der Waals surface area contributed by atoms with Gasteiger partial charge >= 0.3 is 0 Å². The number of amides is 1. The van der Waals surface area contributed by atoms with E-state index in [4.69, 9.17) is 11.6 Å². The Morgan fingerprint density at radius 1 is 1.09 bits per heavy atom. The van der Waals surface area contributed by atoms with E-state index >= 15 is 0 Å². The van der Waals surface area contributed by atoms with Crippen molar-refractivity contribution >= 4 is 28.3 Å². The van der Waals surface area contributed by atoms with Crippen LogP contribution in [-0.2, 0) is 6.54 Å². The van der Waals surface area contributed by atoms with Crippen LogP contribution in [0.4, 0.5) is 0 Å². The Bertz CT molecular complexity index is 902. The van der Waals surface area contributed by atoms with Crippen molar-refractivity contribution in [3.63, 3.8) is 0 Å². The number of hydrogen-bond donors (Lipinski definition) is 2. The molecule has 4 nitrogen and oxygen atoms in total. The molecule has 1 heterocycles. The number of rotatable bonds is 3. The van der Waals surface area contributed by atoms with Crippen LogP contribution in [0.15, 0.2) is 59.4 Å². The number of nitrogens with one attached hydrogen (secondary N) is 2. The van der Waals surface area contributed by atoms with E-state index in [0.717, 1.165) is 10.9 Å². The highest BCUT2D eigenvalue weighted by atomic mass is 35.5. The molecule has 0 saturated carbocycles. The number of aromatic nitrogens is 1. The molecule has 3 aromatic rings. The molecule has 0 radical (unpaired) electrons. The molecule has 110 valence electrons. The van der Waals surface area contributed by atoms with E-state index in [1.165, 1.54) is 0 Å². The number of aromatic amines is 1. The fraction of sp³-hybridized carbons (Fsp3) is 0.0588. The Kier molecular flexibility index (Phi) is 3.94. The van der Waals surface area contributed by atoms with Gasteiger partial charge in [-0.15, -0.1) is 0 Å². The molecule has 1 amide bonds. The van der Waals surface area contributed by atoms with Crippen LogP contribution in [0.1, 0.15) is 16.1 Å². The Morgan fingerprint density at radius 3 is 2.64 bits per heavy atom. The predicted molar refractivity (Wildman–Crippen MR) is 87.2 cm³/mol. The van der Waals surface area contributed by atoms with Crippen molar-refractivity contribution in [1.82, 2.24) is 10.3 Å². The van der Waals surface area contributed by atoms with E-state index < -0.39 is 0 Å². The topological polar surface area (TPSA) is 62.0 Å². The summed E-state index contributed by atoms with van der Waals surface area (Å²) >= 11 is 6.05. The standard InChI is InChI=1S/C17H13ClN2O2/c18-14-8-4-2-6-12(14)10-19-17(22)15-9-11-5-1-3-7-13(11)16(21)20-15/h1-9H,10H2,(H,19,22)(H,20,21). The number of carbonyl (C=O) groups excluding carboxylic acids is 1. The van der Waals surface area contributed by atoms with Gasteiger partial charge < -0.3 is 10.3 Å². The first kappa shape index (κ1) is 14.4. The van der Waals surface area contributed by atoms with Crippen LogP contribution in [0.3, 0.4) is 0 Å². The van der Waals surface area contributed by atoms with Crippen molar-refractivity contribution in [2.75, 3.05) is 0 Å². The second kappa shape index (κ2) is 6.03. The number of hydrogen-bond acceptors (Lipinski definition) is 2. The second-order valence-corrected chi connectivity index (χ2v) is 5.28. The fourth-order valence-electron chi connectivity index (χ4n) is 2.25. The maximum absolute atomic E-state index is 12.2. The Labute approximate surface area is 131 Å². The summed E-state index contributed by atoms with van der Waals surface area (Å²) in [5.74, 6) is -0.345. The first-order valence-corrected chi connectivity index (χ1v) is 7.16. The molecule has 0 spiro atoms. The average molecular weight is 313 g/mol. The molecule has 3 rings (SSSR count). The van der Waals surface area contributed by atoms with Gasteiger partial charge in [-0.25, -0.2) is 0 Å². The van der Waals surface area contributed by atoms with Crippen molar-refractivity contribution in [1.29, 1.82) is 0 Å². The Hall–Kier alpha value is -2.59. The highest BCUT2D eigenvalue weighted by Gasteiger charge is 2.09. The van der Waals surface area contributed by atoms with Crippen molar-refractivity contribution in [2.24, 2.45) is 0 Å². The van der Waals surface area contributed by atoms with Gasteiger partial charge in [0.05, 0.1) is 0 Å². The lowest BCUT2D eigenvalue weighted by atomic mass is 10.1. The third kappa shape index (κ3) is 2.87. The average Bonchev–Trinajstić information content (AvgIpc) is 2.54. The lowest BCUT2D eigenvalue weighted by Crippen LogP contribution is -2.26. The van der Waals surface area contributed by atoms with Gasteiger partial charge in [0.1, 0.15) is 5.69 Å². The van der Waals surface area contributed by atoms with Crippen molar-refractivity contribution in [2.45, 2.75) is 6.54 Å². The van der Waals surface area contributed by atoms with Gasteiger partial charge in [-0.05, 0) is 29.1 Å². The van der Waals surface area contributed by atoms with Crippen LogP contribution in [0.5, 0.6) is 0 Å². The lowest BCUT2D eigenvalue weighted by Gasteiger charge is -2.07. The number of fused-ring (bicyclic) bond motifs is 1. The van der Waals surface area contributed by atoms with Crippen LogP contribution >= 0.6 is 11.6 Å². The molecular weight excluding hydrogens is 300 g/mol. The molecule has 2 aromatic carbocycles. The Balaban J connectivity index is 1.84. The Morgan fingerprint density at radius 2 is 1.82 bits per heavy atom. The highest BCUT2D eigenvalue weighted by Crippen LogP contribution is 2.15. The van der Waals surface area contributed by atoms with Gasteiger partial charge in [-0.2, -0.15) is 0 Å². The molecule has 0 bridgehead atoms. The summed E-state index contributed by atoms with van der Waals surface area (Å²) in [6.45, 7) is 0.299. The van der Waals surface area contributed by atoms with E-state index in [0.29, 0.717) is 17.0 Å². The maximum Gasteiger partial charge on any atom is 0.268 e. The molecule has 0 unspecified atom stereocenters. The van der Waals surface area contributed by atoms with Gasteiger partial charge in [0.2, 0.25) is 0 Å². The summed E-state index contributed by atoms with van der Waals surface area (Å²) in [6.07, 6.45) is 0. The smallest absolute Gasteiger partial charge is 0.268 e. The van der Waals surface area contributed by atoms with Crippen molar-refractivity contribution in [3.8, 4) is 0 Å². The van der Waals surface area contributed by atoms with Crippen LogP contribution in [0.2, 0.25) is 5.02 Å². The maximum atomic E-state index is 12.2. The third-order valence-corrected chi connectivity index (χ3v) is 3.76. The minimum absolute atomic E-state index is 0.232. The molecular formula is C17H13ClN2O2. The first-order chi connectivity index (χ1) is 10.6. The highest BCUT2D eigenvalue weighted by molar-refractivity contribution is 6.31. The molecule has 2 N–H and O–H groups in total. The van der Waals surface area contributed by atoms with E-state index in [1.807, 2.05) is 24.3 Å². The SMILES string of the molecule is O=C(NCc1ccccc1Cl)c1cc2ccccc2c(=O)[nH]1. The predicted octanol–water partition coefficient (Wildman–Crippen LogP) is 3.11. The van der Waals surface area contributed by atoms with E-state index in [-0.39, 0.29) is 17.2 Å². The number of halogens is 1. The number of pyridine rings is 1. The summed E-state index contributed by atoms with van der Waals surface area (Å²) in [5.41, 5.74) is 0.775. The zero-order valence-electron chi connectivity index (χ0n) is 11.6. The lowest BCUT2D eigenvalue weighted by molar-refractivity contribution is 0.0946. The second-order valence-electron chi connectivity index (χ2n) is 4.87. The molecule has 0 aliphatic rings. The molecule has 0 atom stereocenters. The molecule has 0 saturated heterocycles. The van der Waals surface area contributed by atoms with Gasteiger partial charge in [0.25, 0.3) is 11.5 Å². The zero-order valence-corrected chi connectivity index (χ0v) is 12.4. The van der Waals surface area contributed by atoms with E-state index in [2.05, 4.69) is 10.3 Å². The normalized spacial score (nSPS) is 10.6.